The molecule has 12 heteroatoms. The SMILES string of the molecule is CCC(NC(=O)c1cn(-c2ccc(F)cc2F)c2nc(N3CC4C(COC)C4C3)ccc2c1=O)C(F)(F)F. The number of halogens is 5. The van der Waals surface area contributed by atoms with Crippen molar-refractivity contribution >= 4 is 22.8 Å². The lowest BCUT2D eigenvalue weighted by molar-refractivity contribution is -0.153. The van der Waals surface area contributed by atoms with Gasteiger partial charge in [-0.25, -0.2) is 13.8 Å². The Labute approximate surface area is 214 Å². The van der Waals surface area contributed by atoms with Gasteiger partial charge in [-0.1, -0.05) is 6.92 Å². The van der Waals surface area contributed by atoms with E-state index in [1.807, 2.05) is 10.2 Å². The van der Waals surface area contributed by atoms with Crippen molar-refractivity contribution in [3.63, 3.8) is 0 Å². The van der Waals surface area contributed by atoms with Gasteiger partial charge in [0.25, 0.3) is 5.91 Å². The average Bonchev–Trinajstić information content (AvgIpc) is 3.29. The molecule has 0 radical (unpaired) electrons. The van der Waals surface area contributed by atoms with E-state index < -0.39 is 47.2 Å². The maximum Gasteiger partial charge on any atom is 0.408 e. The lowest BCUT2D eigenvalue weighted by atomic mass is 10.1. The van der Waals surface area contributed by atoms with Crippen LogP contribution in [0.15, 0.2) is 41.3 Å². The number of rotatable bonds is 7. The van der Waals surface area contributed by atoms with Gasteiger partial charge in [-0.3, -0.25) is 14.2 Å². The number of hydrogen-bond acceptors (Lipinski definition) is 5. The highest BCUT2D eigenvalue weighted by Crippen LogP contribution is 2.52. The minimum atomic E-state index is -4.72. The standard InChI is InChI=1S/C26H25F5N4O3/c1-3-21(26(29,30)31)32-25(37)17-11-35(20-6-4-13(27)8-19(20)28)24-14(23(17)36)5-7-22(33-24)34-9-15-16(10-34)18(15)12-38-2/h4-8,11,15-16,18,21H,3,9-10,12H2,1-2H3,(H,32,37). The summed E-state index contributed by atoms with van der Waals surface area (Å²) in [5.41, 5.74) is -1.70. The Morgan fingerprint density at radius 3 is 2.50 bits per heavy atom. The molecule has 5 rings (SSSR count). The normalized spacial score (nSPS) is 21.4. The first-order valence-corrected chi connectivity index (χ1v) is 12.2. The Morgan fingerprint density at radius 1 is 1.18 bits per heavy atom. The topological polar surface area (TPSA) is 76.5 Å². The first-order chi connectivity index (χ1) is 18.0. The molecule has 1 aliphatic carbocycles. The van der Waals surface area contributed by atoms with Crippen molar-refractivity contribution in [1.29, 1.82) is 0 Å². The van der Waals surface area contributed by atoms with E-state index in [-0.39, 0.29) is 16.7 Å². The number of nitrogens with zero attached hydrogens (tertiary/aromatic N) is 3. The maximum absolute atomic E-state index is 14.9. The second kappa shape index (κ2) is 9.64. The van der Waals surface area contributed by atoms with Gasteiger partial charge in [0.2, 0.25) is 5.43 Å². The Balaban J connectivity index is 1.59. The summed E-state index contributed by atoms with van der Waals surface area (Å²) in [6.45, 7) is 3.37. The number of anilines is 1. The molecular weight excluding hydrogens is 511 g/mol. The molecule has 38 heavy (non-hydrogen) atoms. The Morgan fingerprint density at radius 2 is 1.89 bits per heavy atom. The summed E-state index contributed by atoms with van der Waals surface area (Å²) in [5.74, 6) is -1.19. The fourth-order valence-corrected chi connectivity index (χ4v) is 5.32. The molecule has 1 aromatic carbocycles. The third kappa shape index (κ3) is 4.61. The smallest absolute Gasteiger partial charge is 0.384 e. The number of aromatic nitrogens is 2. The quantitative estimate of drug-likeness (QED) is 0.461. The summed E-state index contributed by atoms with van der Waals surface area (Å²) in [6.07, 6.45) is -4.22. The van der Waals surface area contributed by atoms with Gasteiger partial charge < -0.3 is 15.0 Å². The van der Waals surface area contributed by atoms with E-state index in [9.17, 15) is 31.5 Å². The molecular formula is C26H25F5N4O3. The maximum atomic E-state index is 14.9. The van der Waals surface area contributed by atoms with Gasteiger partial charge in [0.1, 0.15) is 29.1 Å². The molecule has 1 saturated heterocycles. The fourth-order valence-electron chi connectivity index (χ4n) is 5.32. The van der Waals surface area contributed by atoms with E-state index in [2.05, 4.69) is 4.98 Å². The van der Waals surface area contributed by atoms with Gasteiger partial charge in [-0.15, -0.1) is 0 Å². The van der Waals surface area contributed by atoms with Crippen LogP contribution in [0.4, 0.5) is 27.8 Å². The predicted octanol–water partition coefficient (Wildman–Crippen LogP) is 4.06. The zero-order valence-electron chi connectivity index (χ0n) is 20.6. The molecule has 1 aliphatic heterocycles. The number of piperidine rings is 1. The van der Waals surface area contributed by atoms with Crippen LogP contribution in [0.5, 0.6) is 0 Å². The summed E-state index contributed by atoms with van der Waals surface area (Å²) >= 11 is 0. The number of fused-ring (bicyclic) bond motifs is 2. The Kier molecular flexibility index (Phi) is 6.62. The van der Waals surface area contributed by atoms with Crippen LogP contribution in [-0.4, -0.2) is 54.5 Å². The van der Waals surface area contributed by atoms with Gasteiger partial charge in [-0.2, -0.15) is 13.2 Å². The Hall–Kier alpha value is -3.54. The number of hydrogen-bond donors (Lipinski definition) is 1. The van der Waals surface area contributed by atoms with E-state index >= 15 is 0 Å². The number of amides is 1. The Bertz CT molecular complexity index is 1450. The molecule has 3 aromatic rings. The second-order valence-electron chi connectivity index (χ2n) is 9.71. The highest BCUT2D eigenvalue weighted by atomic mass is 19.4. The van der Waals surface area contributed by atoms with Crippen molar-refractivity contribution in [2.75, 3.05) is 31.7 Å². The lowest BCUT2D eigenvalue weighted by Crippen LogP contribution is -2.46. The van der Waals surface area contributed by atoms with Crippen LogP contribution in [0.25, 0.3) is 16.7 Å². The number of carbonyl (C=O) groups excluding carboxylic acids is 1. The highest BCUT2D eigenvalue weighted by molar-refractivity contribution is 5.97. The zero-order valence-corrected chi connectivity index (χ0v) is 20.6. The minimum Gasteiger partial charge on any atom is -0.384 e. The van der Waals surface area contributed by atoms with Crippen molar-refractivity contribution in [2.24, 2.45) is 17.8 Å². The van der Waals surface area contributed by atoms with E-state index in [1.54, 1.807) is 13.2 Å². The van der Waals surface area contributed by atoms with E-state index in [0.717, 1.165) is 36.0 Å². The first kappa shape index (κ1) is 26.1. The van der Waals surface area contributed by atoms with E-state index in [0.29, 0.717) is 36.2 Å². The van der Waals surface area contributed by atoms with Crippen molar-refractivity contribution in [3.05, 3.63) is 63.9 Å². The molecule has 2 aromatic heterocycles. The van der Waals surface area contributed by atoms with Crippen LogP contribution < -0.4 is 15.6 Å². The van der Waals surface area contributed by atoms with Gasteiger partial charge in [-0.05, 0) is 48.4 Å². The summed E-state index contributed by atoms with van der Waals surface area (Å²) < 4.78 is 74.7. The van der Waals surface area contributed by atoms with Crippen LogP contribution >= 0.6 is 0 Å². The largest absolute Gasteiger partial charge is 0.408 e. The van der Waals surface area contributed by atoms with Gasteiger partial charge >= 0.3 is 6.18 Å². The first-order valence-electron chi connectivity index (χ1n) is 12.2. The molecule has 2 fully saturated rings. The third-order valence-electron chi connectivity index (χ3n) is 7.41. The number of alkyl halides is 3. The number of benzene rings is 1. The van der Waals surface area contributed by atoms with Crippen molar-refractivity contribution in [2.45, 2.75) is 25.6 Å². The molecule has 3 unspecified atom stereocenters. The van der Waals surface area contributed by atoms with E-state index in [4.69, 9.17) is 4.74 Å². The highest BCUT2D eigenvalue weighted by Gasteiger charge is 2.55. The van der Waals surface area contributed by atoms with E-state index in [1.165, 1.54) is 13.0 Å². The molecule has 1 amide bonds. The number of pyridine rings is 2. The molecule has 1 N–H and O–H groups in total. The van der Waals surface area contributed by atoms with Crippen LogP contribution in [0.1, 0.15) is 23.7 Å². The second-order valence-corrected chi connectivity index (χ2v) is 9.71. The molecule has 3 heterocycles. The van der Waals surface area contributed by atoms with Crippen LogP contribution in [0.3, 0.4) is 0 Å². The number of carbonyl (C=O) groups is 1. The molecule has 202 valence electrons. The average molecular weight is 537 g/mol. The molecule has 0 spiro atoms. The zero-order chi connectivity index (χ0) is 27.4. The van der Waals surface area contributed by atoms with Gasteiger partial charge in [0.15, 0.2) is 5.65 Å². The number of ether oxygens (including phenoxy) is 1. The summed E-state index contributed by atoms with van der Waals surface area (Å²) in [7, 11) is 1.66. The summed E-state index contributed by atoms with van der Waals surface area (Å²) in [5, 5.41) is 1.75. The van der Waals surface area contributed by atoms with Crippen molar-refractivity contribution < 1.29 is 31.5 Å². The molecule has 2 aliphatic rings. The lowest BCUT2D eigenvalue weighted by Gasteiger charge is -2.22. The monoisotopic (exact) mass is 536 g/mol. The molecule has 1 saturated carbocycles. The van der Waals surface area contributed by atoms with Gasteiger partial charge in [0.05, 0.1) is 11.1 Å². The predicted molar refractivity (Wildman–Crippen MR) is 129 cm³/mol. The van der Waals surface area contributed by atoms with Crippen LogP contribution in [0, 0.1) is 29.4 Å². The minimum absolute atomic E-state index is 0.00793. The third-order valence-corrected chi connectivity index (χ3v) is 7.41. The van der Waals surface area contributed by atoms with Crippen molar-refractivity contribution in [3.8, 4) is 5.69 Å². The summed E-state index contributed by atoms with van der Waals surface area (Å²) in [6, 6.07) is 3.57. The molecule has 0 bridgehead atoms. The van der Waals surface area contributed by atoms with Crippen molar-refractivity contribution in [1.82, 2.24) is 14.9 Å². The van der Waals surface area contributed by atoms with Gasteiger partial charge in [0, 0.05) is 39.1 Å². The molecule has 3 atom stereocenters. The van der Waals surface area contributed by atoms with Crippen LogP contribution in [0.2, 0.25) is 0 Å². The fraction of sp³-hybridized carbons (Fsp3) is 0.423. The number of nitrogens with one attached hydrogen (secondary N) is 1. The van der Waals surface area contributed by atoms with Crippen LogP contribution in [-0.2, 0) is 4.74 Å². The summed E-state index contributed by atoms with van der Waals surface area (Å²) in [4.78, 5) is 32.7. The number of methoxy groups -OCH3 is 1. The molecule has 7 nitrogen and oxygen atoms in total.